The highest BCUT2D eigenvalue weighted by molar-refractivity contribution is 7.89. The Balaban J connectivity index is 2.05. The van der Waals surface area contributed by atoms with Gasteiger partial charge < -0.3 is 4.90 Å². The molecule has 2 rings (SSSR count). The highest BCUT2D eigenvalue weighted by atomic mass is 32.2. The minimum atomic E-state index is -3.37. The molecule has 0 spiro atoms. The van der Waals surface area contributed by atoms with E-state index in [1.807, 2.05) is 6.07 Å². The van der Waals surface area contributed by atoms with E-state index in [-0.39, 0.29) is 6.04 Å². The summed E-state index contributed by atoms with van der Waals surface area (Å²) in [6.45, 7) is 4.96. The molecule has 18 heavy (non-hydrogen) atoms. The number of hydrogen-bond acceptors (Lipinski definition) is 3. The van der Waals surface area contributed by atoms with Gasteiger partial charge in [-0.15, -0.1) is 0 Å². The number of likely N-dealkylation sites (N-methyl/N-ethyl adjacent to an activating group) is 1. The first kappa shape index (κ1) is 13.5. The van der Waals surface area contributed by atoms with E-state index in [4.69, 9.17) is 0 Å². The monoisotopic (exact) mass is 268 g/mol. The Hall–Kier alpha value is -0.910. The number of likely N-dealkylation sites (tertiary alicyclic amines) is 1. The van der Waals surface area contributed by atoms with Crippen LogP contribution in [0.5, 0.6) is 0 Å². The first-order valence-electron chi connectivity index (χ1n) is 6.41. The van der Waals surface area contributed by atoms with Gasteiger partial charge in [0.05, 0.1) is 4.90 Å². The number of piperidine rings is 1. The van der Waals surface area contributed by atoms with Gasteiger partial charge in [-0.1, -0.05) is 25.1 Å². The zero-order chi connectivity index (χ0) is 13.0. The summed E-state index contributed by atoms with van der Waals surface area (Å²) in [6, 6.07) is 8.59. The first-order chi connectivity index (χ1) is 8.62. The van der Waals surface area contributed by atoms with Gasteiger partial charge in [-0.05, 0) is 38.1 Å². The van der Waals surface area contributed by atoms with Gasteiger partial charge >= 0.3 is 0 Å². The molecule has 1 atom stereocenters. The van der Waals surface area contributed by atoms with E-state index in [0.29, 0.717) is 4.90 Å². The molecule has 1 aromatic carbocycles. The smallest absolute Gasteiger partial charge is 0.240 e. The van der Waals surface area contributed by atoms with Crippen molar-refractivity contribution in [2.75, 3.05) is 19.6 Å². The lowest BCUT2D eigenvalue weighted by molar-refractivity contribution is 0.211. The van der Waals surface area contributed by atoms with Gasteiger partial charge in [0.15, 0.2) is 0 Å². The standard InChI is InChI=1S/C13H20N2O2S/c1-2-15-10-6-7-12(11-15)14-18(16,17)13-8-4-3-5-9-13/h3-5,8-9,12,14H,2,6-7,10-11H2,1H3. The fourth-order valence-corrected chi connectivity index (χ4v) is 3.61. The Kier molecular flexibility index (Phi) is 4.37. The van der Waals surface area contributed by atoms with Crippen LogP contribution in [0.25, 0.3) is 0 Å². The van der Waals surface area contributed by atoms with Crippen LogP contribution >= 0.6 is 0 Å². The van der Waals surface area contributed by atoms with E-state index in [1.54, 1.807) is 24.3 Å². The molecule has 1 fully saturated rings. The summed E-state index contributed by atoms with van der Waals surface area (Å²) >= 11 is 0. The van der Waals surface area contributed by atoms with Crippen molar-refractivity contribution in [1.29, 1.82) is 0 Å². The van der Waals surface area contributed by atoms with Gasteiger partial charge in [-0.2, -0.15) is 0 Å². The molecule has 0 radical (unpaired) electrons. The lowest BCUT2D eigenvalue weighted by Gasteiger charge is -2.32. The summed E-state index contributed by atoms with van der Waals surface area (Å²) in [5.74, 6) is 0. The van der Waals surface area contributed by atoms with Gasteiger partial charge in [-0.25, -0.2) is 13.1 Å². The molecule has 0 amide bonds. The van der Waals surface area contributed by atoms with Crippen molar-refractivity contribution >= 4 is 10.0 Å². The summed E-state index contributed by atoms with van der Waals surface area (Å²) in [5, 5.41) is 0. The number of nitrogens with one attached hydrogen (secondary N) is 1. The quantitative estimate of drug-likeness (QED) is 0.899. The normalized spacial score (nSPS) is 21.9. The Morgan fingerprint density at radius 1 is 1.33 bits per heavy atom. The van der Waals surface area contributed by atoms with Gasteiger partial charge in [-0.3, -0.25) is 0 Å². The maximum absolute atomic E-state index is 12.2. The molecular weight excluding hydrogens is 248 g/mol. The summed E-state index contributed by atoms with van der Waals surface area (Å²) in [4.78, 5) is 2.63. The summed E-state index contributed by atoms with van der Waals surface area (Å²) in [7, 11) is -3.37. The highest BCUT2D eigenvalue weighted by Crippen LogP contribution is 2.14. The summed E-state index contributed by atoms with van der Waals surface area (Å²) in [5.41, 5.74) is 0. The summed E-state index contributed by atoms with van der Waals surface area (Å²) in [6.07, 6.45) is 1.97. The van der Waals surface area contributed by atoms with Crippen molar-refractivity contribution in [1.82, 2.24) is 9.62 Å². The fraction of sp³-hybridized carbons (Fsp3) is 0.538. The number of sulfonamides is 1. The third-order valence-electron chi connectivity index (χ3n) is 3.33. The molecule has 4 nitrogen and oxygen atoms in total. The minimum Gasteiger partial charge on any atom is -0.302 e. The number of hydrogen-bond donors (Lipinski definition) is 1. The Labute approximate surface area is 109 Å². The average molecular weight is 268 g/mol. The van der Waals surface area contributed by atoms with Crippen LogP contribution in [-0.2, 0) is 10.0 Å². The van der Waals surface area contributed by atoms with E-state index < -0.39 is 10.0 Å². The molecule has 100 valence electrons. The number of rotatable bonds is 4. The molecule has 1 saturated heterocycles. The molecule has 0 aliphatic carbocycles. The van der Waals surface area contributed by atoms with E-state index in [1.165, 1.54) is 0 Å². The maximum Gasteiger partial charge on any atom is 0.240 e. The second-order valence-corrected chi connectivity index (χ2v) is 6.38. The zero-order valence-corrected chi connectivity index (χ0v) is 11.5. The van der Waals surface area contributed by atoms with Crippen LogP contribution in [0.15, 0.2) is 35.2 Å². The van der Waals surface area contributed by atoms with Crippen LogP contribution < -0.4 is 4.72 Å². The second kappa shape index (κ2) is 5.82. The molecule has 1 aliphatic rings. The van der Waals surface area contributed by atoms with Gasteiger partial charge in [0, 0.05) is 12.6 Å². The van der Waals surface area contributed by atoms with Crippen LogP contribution in [-0.4, -0.2) is 39.0 Å². The Bertz CT molecular complexity index is 473. The minimum absolute atomic E-state index is 0.0314. The van der Waals surface area contributed by atoms with Crippen molar-refractivity contribution in [2.45, 2.75) is 30.7 Å². The predicted octanol–water partition coefficient (Wildman–Crippen LogP) is 1.45. The molecule has 1 heterocycles. The lowest BCUT2D eigenvalue weighted by Crippen LogP contribution is -2.47. The molecule has 0 aromatic heterocycles. The maximum atomic E-state index is 12.2. The molecule has 5 heteroatoms. The van der Waals surface area contributed by atoms with E-state index >= 15 is 0 Å². The van der Waals surface area contributed by atoms with Crippen molar-refractivity contribution in [3.63, 3.8) is 0 Å². The first-order valence-corrected chi connectivity index (χ1v) is 7.90. The largest absolute Gasteiger partial charge is 0.302 e. The molecular formula is C13H20N2O2S. The molecule has 1 unspecified atom stereocenters. The van der Waals surface area contributed by atoms with Crippen LogP contribution in [0.3, 0.4) is 0 Å². The third-order valence-corrected chi connectivity index (χ3v) is 4.86. The van der Waals surface area contributed by atoms with E-state index in [2.05, 4.69) is 16.5 Å². The van der Waals surface area contributed by atoms with Crippen molar-refractivity contribution in [3.05, 3.63) is 30.3 Å². The third kappa shape index (κ3) is 3.31. The SMILES string of the molecule is CCN1CCCC(NS(=O)(=O)c2ccccc2)C1. The molecule has 0 bridgehead atoms. The zero-order valence-electron chi connectivity index (χ0n) is 10.7. The fourth-order valence-electron chi connectivity index (χ4n) is 2.33. The van der Waals surface area contributed by atoms with Gasteiger partial charge in [0.2, 0.25) is 10.0 Å². The van der Waals surface area contributed by atoms with E-state index in [9.17, 15) is 8.42 Å². The Morgan fingerprint density at radius 3 is 2.72 bits per heavy atom. The highest BCUT2D eigenvalue weighted by Gasteiger charge is 2.24. The van der Waals surface area contributed by atoms with Gasteiger partial charge in [0.25, 0.3) is 0 Å². The van der Waals surface area contributed by atoms with Crippen LogP contribution in [0.4, 0.5) is 0 Å². The van der Waals surface area contributed by atoms with Gasteiger partial charge in [0.1, 0.15) is 0 Å². The van der Waals surface area contributed by atoms with E-state index in [0.717, 1.165) is 32.5 Å². The number of nitrogens with zero attached hydrogens (tertiary/aromatic N) is 1. The number of benzene rings is 1. The topological polar surface area (TPSA) is 49.4 Å². The second-order valence-electron chi connectivity index (χ2n) is 4.67. The lowest BCUT2D eigenvalue weighted by atomic mass is 10.1. The molecule has 1 aromatic rings. The van der Waals surface area contributed by atoms with Crippen LogP contribution in [0.2, 0.25) is 0 Å². The van der Waals surface area contributed by atoms with Crippen molar-refractivity contribution in [2.24, 2.45) is 0 Å². The summed E-state index contributed by atoms with van der Waals surface area (Å²) < 4.78 is 27.1. The van der Waals surface area contributed by atoms with Crippen LogP contribution in [0, 0.1) is 0 Å². The Morgan fingerprint density at radius 2 is 2.06 bits per heavy atom. The van der Waals surface area contributed by atoms with Crippen LogP contribution in [0.1, 0.15) is 19.8 Å². The van der Waals surface area contributed by atoms with Crippen molar-refractivity contribution < 1.29 is 8.42 Å². The molecule has 0 saturated carbocycles. The average Bonchev–Trinajstić information content (AvgIpc) is 2.39. The molecule has 1 aliphatic heterocycles. The predicted molar refractivity (Wildman–Crippen MR) is 71.9 cm³/mol. The van der Waals surface area contributed by atoms with Crippen molar-refractivity contribution in [3.8, 4) is 0 Å². The molecule has 1 N–H and O–H groups in total.